The molecule has 2 aromatic carbocycles. The van der Waals surface area contributed by atoms with Crippen LogP contribution in [0.1, 0.15) is 11.3 Å². The van der Waals surface area contributed by atoms with E-state index in [-0.39, 0.29) is 0 Å². The van der Waals surface area contributed by atoms with E-state index in [9.17, 15) is 0 Å². The number of nitrogens with one attached hydrogen (secondary N) is 2. The smallest absolute Gasteiger partial charge is 0.227 e. The summed E-state index contributed by atoms with van der Waals surface area (Å²) in [5.41, 5.74) is 3.33. The fourth-order valence-electron chi connectivity index (χ4n) is 2.52. The maximum Gasteiger partial charge on any atom is 0.227 e. The summed E-state index contributed by atoms with van der Waals surface area (Å²) in [5.74, 6) is 0.986. The summed E-state index contributed by atoms with van der Waals surface area (Å²) < 4.78 is 0. The number of tetrazole rings is 1. The van der Waals surface area contributed by atoms with Crippen molar-refractivity contribution >= 4 is 34.8 Å². The number of halogens is 2. The average molecular weight is 398 g/mol. The molecule has 134 valence electrons. The van der Waals surface area contributed by atoms with Crippen LogP contribution in [0.15, 0.2) is 54.7 Å². The van der Waals surface area contributed by atoms with Crippen molar-refractivity contribution in [3.8, 4) is 11.4 Å². The molecule has 0 aliphatic carbocycles. The van der Waals surface area contributed by atoms with Gasteiger partial charge in [0.2, 0.25) is 11.8 Å². The van der Waals surface area contributed by atoms with E-state index in [1.165, 1.54) is 0 Å². The van der Waals surface area contributed by atoms with Gasteiger partial charge in [-0.05, 0) is 41.1 Å². The number of anilines is 2. The van der Waals surface area contributed by atoms with Crippen LogP contribution >= 0.6 is 23.2 Å². The van der Waals surface area contributed by atoms with Gasteiger partial charge in [0.15, 0.2) is 0 Å². The Labute approximate surface area is 164 Å². The van der Waals surface area contributed by atoms with E-state index in [4.69, 9.17) is 23.2 Å². The van der Waals surface area contributed by atoms with Crippen LogP contribution in [0.2, 0.25) is 10.0 Å². The molecule has 0 radical (unpaired) electrons. The average Bonchev–Trinajstić information content (AvgIpc) is 3.22. The van der Waals surface area contributed by atoms with E-state index in [2.05, 4.69) is 35.9 Å². The standard InChI is InChI=1S/C18H13Cl2N7/c19-14-4-2-1-3-12(14)9-16-15(20)10-21-18(23-16)22-13-7-5-11(6-8-13)17-24-26-27-25-17/h1-8,10H,9H2,(H,21,22,23)(H,24,25,26,27). The Bertz CT molecular complexity index is 1050. The molecule has 0 aliphatic heterocycles. The Morgan fingerprint density at radius 3 is 2.52 bits per heavy atom. The van der Waals surface area contributed by atoms with Crippen molar-refractivity contribution in [1.82, 2.24) is 30.6 Å². The van der Waals surface area contributed by atoms with E-state index in [0.29, 0.717) is 33.9 Å². The molecule has 27 heavy (non-hydrogen) atoms. The highest BCUT2D eigenvalue weighted by atomic mass is 35.5. The van der Waals surface area contributed by atoms with Crippen LogP contribution in [0.3, 0.4) is 0 Å². The molecular formula is C18H13Cl2N7. The summed E-state index contributed by atoms with van der Waals surface area (Å²) in [4.78, 5) is 8.77. The van der Waals surface area contributed by atoms with Gasteiger partial charge in [-0.2, -0.15) is 5.21 Å². The summed E-state index contributed by atoms with van der Waals surface area (Å²) in [6, 6.07) is 15.1. The Kier molecular flexibility index (Phi) is 4.95. The molecule has 4 rings (SSSR count). The zero-order chi connectivity index (χ0) is 18.6. The number of nitrogens with zero attached hydrogens (tertiary/aromatic N) is 5. The fraction of sp³-hybridized carbons (Fsp3) is 0.0556. The molecule has 0 aliphatic rings. The lowest BCUT2D eigenvalue weighted by Gasteiger charge is -2.09. The molecule has 9 heteroatoms. The third-order valence-corrected chi connectivity index (χ3v) is 4.56. The minimum atomic E-state index is 0.453. The Morgan fingerprint density at radius 2 is 1.78 bits per heavy atom. The summed E-state index contributed by atoms with van der Waals surface area (Å²) in [7, 11) is 0. The third-order valence-electron chi connectivity index (χ3n) is 3.88. The molecule has 2 aromatic heterocycles. The van der Waals surface area contributed by atoms with Crippen molar-refractivity contribution in [1.29, 1.82) is 0 Å². The van der Waals surface area contributed by atoms with Crippen molar-refractivity contribution in [2.75, 3.05) is 5.32 Å². The van der Waals surface area contributed by atoms with Crippen LogP contribution in [0.5, 0.6) is 0 Å². The van der Waals surface area contributed by atoms with Crippen LogP contribution < -0.4 is 5.32 Å². The Balaban J connectivity index is 1.53. The van der Waals surface area contributed by atoms with Gasteiger partial charge in [0.25, 0.3) is 0 Å². The van der Waals surface area contributed by atoms with E-state index < -0.39 is 0 Å². The van der Waals surface area contributed by atoms with Gasteiger partial charge in [-0.1, -0.05) is 41.4 Å². The number of rotatable bonds is 5. The maximum absolute atomic E-state index is 6.26. The molecule has 0 saturated carbocycles. The Hall–Kier alpha value is -3.03. The second-order valence-electron chi connectivity index (χ2n) is 5.69. The molecule has 0 atom stereocenters. The molecule has 0 saturated heterocycles. The lowest BCUT2D eigenvalue weighted by atomic mass is 10.1. The van der Waals surface area contributed by atoms with Crippen LogP contribution in [0, 0.1) is 0 Å². The first-order valence-corrected chi connectivity index (χ1v) is 8.80. The monoisotopic (exact) mass is 397 g/mol. The molecule has 4 aromatic rings. The molecule has 0 fully saturated rings. The minimum absolute atomic E-state index is 0.453. The first-order chi connectivity index (χ1) is 13.2. The SMILES string of the molecule is Clc1ccccc1Cc1nc(Nc2ccc(-c3nn[nH]n3)cc2)ncc1Cl. The zero-order valence-electron chi connectivity index (χ0n) is 13.9. The normalized spacial score (nSPS) is 10.7. The van der Waals surface area contributed by atoms with Crippen molar-refractivity contribution in [3.05, 3.63) is 76.0 Å². The largest absolute Gasteiger partial charge is 0.324 e. The highest BCUT2D eigenvalue weighted by Crippen LogP contribution is 2.24. The van der Waals surface area contributed by atoms with Crippen molar-refractivity contribution in [3.63, 3.8) is 0 Å². The van der Waals surface area contributed by atoms with Crippen LogP contribution in [-0.2, 0) is 6.42 Å². The van der Waals surface area contributed by atoms with Gasteiger partial charge in [0.05, 0.1) is 16.9 Å². The summed E-state index contributed by atoms with van der Waals surface area (Å²) in [5, 5.41) is 18.2. The first kappa shape index (κ1) is 17.4. The number of hydrogen-bond donors (Lipinski definition) is 2. The molecule has 0 spiro atoms. The molecule has 2 heterocycles. The van der Waals surface area contributed by atoms with Crippen molar-refractivity contribution < 1.29 is 0 Å². The number of H-pyrrole nitrogens is 1. The van der Waals surface area contributed by atoms with Crippen LogP contribution in [0.25, 0.3) is 11.4 Å². The number of aromatic nitrogens is 6. The lowest BCUT2D eigenvalue weighted by Crippen LogP contribution is -2.02. The minimum Gasteiger partial charge on any atom is -0.324 e. The van der Waals surface area contributed by atoms with E-state index in [0.717, 1.165) is 16.8 Å². The lowest BCUT2D eigenvalue weighted by molar-refractivity contribution is 0.881. The fourth-order valence-corrected chi connectivity index (χ4v) is 2.89. The molecular weight excluding hydrogens is 385 g/mol. The van der Waals surface area contributed by atoms with Crippen molar-refractivity contribution in [2.45, 2.75) is 6.42 Å². The molecule has 0 amide bonds. The number of benzene rings is 2. The topological polar surface area (TPSA) is 92.3 Å². The molecule has 0 unspecified atom stereocenters. The van der Waals surface area contributed by atoms with E-state index in [1.807, 2.05) is 48.5 Å². The molecule has 2 N–H and O–H groups in total. The predicted molar refractivity (Wildman–Crippen MR) is 104 cm³/mol. The van der Waals surface area contributed by atoms with Gasteiger partial charge in [-0.15, -0.1) is 10.2 Å². The van der Waals surface area contributed by atoms with E-state index in [1.54, 1.807) is 6.20 Å². The maximum atomic E-state index is 6.26. The summed E-state index contributed by atoms with van der Waals surface area (Å²) in [6.45, 7) is 0. The van der Waals surface area contributed by atoms with Gasteiger partial charge in [0, 0.05) is 22.7 Å². The van der Waals surface area contributed by atoms with Gasteiger partial charge < -0.3 is 5.32 Å². The second-order valence-corrected chi connectivity index (χ2v) is 6.51. The highest BCUT2D eigenvalue weighted by molar-refractivity contribution is 6.32. The predicted octanol–water partition coefficient (Wildman–Crippen LogP) is 4.30. The van der Waals surface area contributed by atoms with Gasteiger partial charge in [0.1, 0.15) is 0 Å². The van der Waals surface area contributed by atoms with Crippen LogP contribution in [-0.4, -0.2) is 30.6 Å². The summed E-state index contributed by atoms with van der Waals surface area (Å²) >= 11 is 12.5. The number of aromatic amines is 1. The second kappa shape index (κ2) is 7.69. The Morgan fingerprint density at radius 1 is 0.963 bits per heavy atom. The van der Waals surface area contributed by atoms with E-state index >= 15 is 0 Å². The quantitative estimate of drug-likeness (QED) is 0.521. The third kappa shape index (κ3) is 4.05. The van der Waals surface area contributed by atoms with Gasteiger partial charge in [-0.25, -0.2) is 9.97 Å². The van der Waals surface area contributed by atoms with Crippen molar-refractivity contribution in [2.24, 2.45) is 0 Å². The molecule has 7 nitrogen and oxygen atoms in total. The van der Waals surface area contributed by atoms with Gasteiger partial charge >= 0.3 is 0 Å². The zero-order valence-corrected chi connectivity index (χ0v) is 15.4. The highest BCUT2D eigenvalue weighted by Gasteiger charge is 2.09. The van der Waals surface area contributed by atoms with Crippen LogP contribution in [0.4, 0.5) is 11.6 Å². The first-order valence-electron chi connectivity index (χ1n) is 8.05. The van der Waals surface area contributed by atoms with Gasteiger partial charge in [-0.3, -0.25) is 0 Å². The number of hydrogen-bond acceptors (Lipinski definition) is 6. The molecule has 0 bridgehead atoms. The summed E-state index contributed by atoms with van der Waals surface area (Å²) in [6.07, 6.45) is 2.10.